The van der Waals surface area contributed by atoms with Gasteiger partial charge in [0.1, 0.15) is 11.9 Å². The third-order valence-corrected chi connectivity index (χ3v) is 3.97. The Kier molecular flexibility index (Phi) is 5.04. The van der Waals surface area contributed by atoms with Crippen LogP contribution in [-0.4, -0.2) is 27.2 Å². The molecule has 28 heavy (non-hydrogen) atoms. The van der Waals surface area contributed by atoms with Crippen LogP contribution >= 0.6 is 0 Å². The molecule has 2 heterocycles. The molecule has 0 saturated carbocycles. The highest BCUT2D eigenvalue weighted by atomic mass is 19.4. The van der Waals surface area contributed by atoms with Crippen molar-refractivity contribution in [1.82, 2.24) is 14.5 Å². The Labute approximate surface area is 157 Å². The van der Waals surface area contributed by atoms with E-state index < -0.39 is 17.4 Å². The Hall–Kier alpha value is -3.80. The van der Waals surface area contributed by atoms with Gasteiger partial charge < -0.3 is 10.6 Å². The molecule has 0 spiro atoms. The lowest BCUT2D eigenvalue weighted by atomic mass is 10.2. The number of hydrogen-bond acceptors (Lipinski definition) is 5. The molecule has 2 N–H and O–H groups in total. The molecule has 0 fully saturated rings. The Morgan fingerprint density at radius 2 is 1.96 bits per heavy atom. The lowest BCUT2D eigenvalue weighted by Crippen LogP contribution is -2.26. The molecule has 1 aliphatic rings. The van der Waals surface area contributed by atoms with Crippen molar-refractivity contribution in [1.29, 1.82) is 5.26 Å². The molecule has 0 amide bonds. The number of nitrogens with zero attached hydrogens (tertiary/aromatic N) is 4. The van der Waals surface area contributed by atoms with E-state index in [9.17, 15) is 23.2 Å². The highest BCUT2D eigenvalue weighted by Gasteiger charge is 2.33. The van der Waals surface area contributed by atoms with E-state index in [1.54, 1.807) is 36.4 Å². The van der Waals surface area contributed by atoms with Gasteiger partial charge in [-0.3, -0.25) is 0 Å². The molecule has 1 aromatic heterocycles. The van der Waals surface area contributed by atoms with Gasteiger partial charge in [-0.1, -0.05) is 30.4 Å². The molecule has 6 nitrogen and oxygen atoms in total. The van der Waals surface area contributed by atoms with Gasteiger partial charge in [-0.25, -0.2) is 9.36 Å². The number of hydrogen-bond donors (Lipinski definition) is 1. The number of nitrogen functional groups attached to an aromatic ring is 1. The largest absolute Gasteiger partial charge is 0.417 e. The van der Waals surface area contributed by atoms with Crippen LogP contribution in [-0.2, 0) is 0 Å². The molecule has 3 rings (SSSR count). The van der Waals surface area contributed by atoms with Crippen molar-refractivity contribution in [3.8, 4) is 11.8 Å². The second-order valence-electron chi connectivity index (χ2n) is 5.82. The zero-order valence-electron chi connectivity index (χ0n) is 14.4. The van der Waals surface area contributed by atoms with Crippen molar-refractivity contribution in [3.05, 3.63) is 82.2 Å². The number of anilines is 1. The second kappa shape index (κ2) is 7.44. The lowest BCUT2D eigenvalue weighted by Gasteiger charge is -2.20. The molecule has 2 aromatic rings. The minimum Gasteiger partial charge on any atom is -0.384 e. The van der Waals surface area contributed by atoms with Gasteiger partial charge in [0.05, 0.1) is 16.8 Å². The first-order chi connectivity index (χ1) is 13.3. The molecular weight excluding hydrogens is 371 g/mol. The average Bonchev–Trinajstić information content (AvgIpc) is 2.67. The fourth-order valence-electron chi connectivity index (χ4n) is 2.64. The van der Waals surface area contributed by atoms with Crippen LogP contribution in [0.5, 0.6) is 0 Å². The van der Waals surface area contributed by atoms with E-state index in [-0.39, 0.29) is 23.6 Å². The number of benzene rings is 1. The summed E-state index contributed by atoms with van der Waals surface area (Å²) in [5, 5.41) is 9.28. The number of para-hydroxylation sites is 1. The fourth-order valence-corrected chi connectivity index (χ4v) is 2.64. The summed E-state index contributed by atoms with van der Waals surface area (Å²) in [7, 11) is 0. The number of aromatic nitrogens is 2. The van der Waals surface area contributed by atoms with E-state index in [0.717, 1.165) is 16.8 Å². The molecule has 142 valence electrons. The monoisotopic (exact) mass is 385 g/mol. The van der Waals surface area contributed by atoms with E-state index in [1.165, 1.54) is 23.3 Å². The predicted molar refractivity (Wildman–Crippen MR) is 98.0 cm³/mol. The van der Waals surface area contributed by atoms with Gasteiger partial charge in [-0.2, -0.15) is 23.4 Å². The lowest BCUT2D eigenvalue weighted by molar-refractivity contribution is -0.0893. The van der Waals surface area contributed by atoms with Gasteiger partial charge in [0, 0.05) is 18.9 Å². The second-order valence-corrected chi connectivity index (χ2v) is 5.82. The normalized spacial score (nSPS) is 14.2. The van der Waals surface area contributed by atoms with E-state index >= 15 is 0 Å². The number of nitriles is 1. The first-order valence-electron chi connectivity index (χ1n) is 8.09. The summed E-state index contributed by atoms with van der Waals surface area (Å²) in [5.41, 5.74) is 4.96. The fraction of sp³-hybridized carbons (Fsp3) is 0.105. The predicted octanol–water partition coefficient (Wildman–Crippen LogP) is 2.98. The molecule has 0 radical (unpaired) electrons. The number of nitrogens with two attached hydrogens (primary N) is 1. The maximum atomic E-state index is 12.9. The standard InChI is InChI=1S/C19H14F3N5O/c20-19(21,22)13-5-4-9-26(12-13)10-8-15-16(11-23)25-18(28)27(17(15)24)14-6-2-1-3-7-14/h1-8,10,12H,9,24H2/b10-8+. The van der Waals surface area contributed by atoms with Crippen LogP contribution in [0.15, 0.2) is 65.3 Å². The zero-order valence-corrected chi connectivity index (χ0v) is 14.4. The number of halogens is 3. The van der Waals surface area contributed by atoms with Crippen molar-refractivity contribution in [3.63, 3.8) is 0 Å². The Balaban J connectivity index is 2.04. The van der Waals surface area contributed by atoms with Crippen LogP contribution in [0, 0.1) is 11.3 Å². The van der Waals surface area contributed by atoms with E-state index in [0.29, 0.717) is 5.69 Å². The third-order valence-electron chi connectivity index (χ3n) is 3.97. The molecule has 1 aromatic carbocycles. The zero-order chi connectivity index (χ0) is 20.3. The van der Waals surface area contributed by atoms with Gasteiger partial charge in [0.15, 0.2) is 5.69 Å². The summed E-state index contributed by atoms with van der Waals surface area (Å²) in [6, 6.07) is 10.3. The van der Waals surface area contributed by atoms with Crippen LogP contribution in [0.2, 0.25) is 0 Å². The van der Waals surface area contributed by atoms with Crippen LogP contribution in [0.4, 0.5) is 19.0 Å². The maximum absolute atomic E-state index is 12.9. The van der Waals surface area contributed by atoms with Crippen LogP contribution in [0.1, 0.15) is 11.3 Å². The highest BCUT2D eigenvalue weighted by Crippen LogP contribution is 2.29. The van der Waals surface area contributed by atoms with Crippen molar-refractivity contribution in [2.24, 2.45) is 0 Å². The van der Waals surface area contributed by atoms with Gasteiger partial charge in [-0.05, 0) is 18.2 Å². The quantitative estimate of drug-likeness (QED) is 0.878. The number of rotatable bonds is 3. The Bertz CT molecular complexity index is 1080. The summed E-state index contributed by atoms with van der Waals surface area (Å²) in [6.07, 6.45) is 1.55. The summed E-state index contributed by atoms with van der Waals surface area (Å²) in [5.74, 6) is -0.0356. The van der Waals surface area contributed by atoms with Crippen LogP contribution in [0.3, 0.4) is 0 Å². The minimum absolute atomic E-state index is 0.0356. The SMILES string of the molecule is N#Cc1nc(=O)n(-c2ccccc2)c(N)c1/C=C/N1C=C(C(F)(F)F)C=CC1. The number of alkyl halides is 3. The highest BCUT2D eigenvalue weighted by molar-refractivity contribution is 5.67. The smallest absolute Gasteiger partial charge is 0.384 e. The Morgan fingerprint density at radius 1 is 1.25 bits per heavy atom. The van der Waals surface area contributed by atoms with E-state index in [4.69, 9.17) is 5.73 Å². The average molecular weight is 385 g/mol. The molecule has 1 aliphatic heterocycles. The summed E-state index contributed by atoms with van der Waals surface area (Å²) in [4.78, 5) is 17.3. The van der Waals surface area contributed by atoms with E-state index in [1.807, 2.05) is 0 Å². The summed E-state index contributed by atoms with van der Waals surface area (Å²) in [6.45, 7) is 0.212. The van der Waals surface area contributed by atoms with Gasteiger partial charge in [-0.15, -0.1) is 0 Å². The van der Waals surface area contributed by atoms with Crippen molar-refractivity contribution < 1.29 is 13.2 Å². The van der Waals surface area contributed by atoms with E-state index in [2.05, 4.69) is 4.98 Å². The van der Waals surface area contributed by atoms with Crippen LogP contribution < -0.4 is 11.4 Å². The molecule has 0 saturated heterocycles. The van der Waals surface area contributed by atoms with Gasteiger partial charge >= 0.3 is 11.9 Å². The molecule has 0 unspecified atom stereocenters. The molecule has 9 heteroatoms. The first-order valence-corrected chi connectivity index (χ1v) is 8.09. The van der Waals surface area contributed by atoms with Crippen molar-refractivity contribution in [2.45, 2.75) is 6.18 Å². The topological polar surface area (TPSA) is 87.9 Å². The molecular formula is C19H14F3N5O. The molecule has 0 atom stereocenters. The maximum Gasteiger partial charge on any atom is 0.417 e. The minimum atomic E-state index is -4.47. The summed E-state index contributed by atoms with van der Waals surface area (Å²) >= 11 is 0. The Morgan fingerprint density at radius 3 is 2.61 bits per heavy atom. The summed E-state index contributed by atoms with van der Waals surface area (Å²) < 4.78 is 39.7. The van der Waals surface area contributed by atoms with Gasteiger partial charge in [0.25, 0.3) is 0 Å². The third kappa shape index (κ3) is 3.81. The van der Waals surface area contributed by atoms with Crippen LogP contribution in [0.25, 0.3) is 11.8 Å². The number of allylic oxidation sites excluding steroid dienone is 2. The molecule has 0 bridgehead atoms. The first kappa shape index (κ1) is 19.0. The van der Waals surface area contributed by atoms with Gasteiger partial charge in [0.2, 0.25) is 0 Å². The molecule has 0 aliphatic carbocycles. The van der Waals surface area contributed by atoms with Crippen molar-refractivity contribution >= 4 is 11.9 Å². The van der Waals surface area contributed by atoms with Crippen molar-refractivity contribution in [2.75, 3.05) is 12.3 Å².